The summed E-state index contributed by atoms with van der Waals surface area (Å²) in [7, 11) is 0. The number of hydrogen-bond donors (Lipinski definition) is 1. The molecule has 1 atom stereocenters. The lowest BCUT2D eigenvalue weighted by Crippen LogP contribution is -2.41. The summed E-state index contributed by atoms with van der Waals surface area (Å²) in [6.45, 7) is 3.10. The summed E-state index contributed by atoms with van der Waals surface area (Å²) >= 11 is 1.75. The van der Waals surface area contributed by atoms with Crippen LogP contribution in [0.3, 0.4) is 0 Å². The largest absolute Gasteiger partial charge is 0.354 e. The number of amides is 1. The van der Waals surface area contributed by atoms with Gasteiger partial charge in [0.1, 0.15) is 0 Å². The second-order valence-corrected chi connectivity index (χ2v) is 7.18. The number of thiophene rings is 1. The smallest absolute Gasteiger partial charge is 0.223 e. The van der Waals surface area contributed by atoms with Crippen LogP contribution in [0.1, 0.15) is 56.6 Å². The van der Waals surface area contributed by atoms with Gasteiger partial charge in [-0.2, -0.15) is 11.3 Å². The minimum absolute atomic E-state index is 0.273. The van der Waals surface area contributed by atoms with Crippen LogP contribution in [-0.2, 0) is 4.79 Å². The Bertz CT molecular complexity index is 434. The number of hydrogen-bond acceptors (Lipinski definition) is 3. The van der Waals surface area contributed by atoms with Crippen LogP contribution in [0.25, 0.3) is 0 Å². The molecule has 1 amide bonds. The fourth-order valence-electron chi connectivity index (χ4n) is 3.68. The van der Waals surface area contributed by atoms with Crippen LogP contribution >= 0.6 is 11.3 Å². The zero-order valence-electron chi connectivity index (χ0n) is 12.7. The monoisotopic (exact) mass is 306 g/mol. The number of rotatable bonds is 5. The maximum atomic E-state index is 12.3. The van der Waals surface area contributed by atoms with Crippen LogP contribution in [0, 0.1) is 5.92 Å². The third-order valence-corrected chi connectivity index (χ3v) is 5.66. The maximum Gasteiger partial charge on any atom is 0.223 e. The van der Waals surface area contributed by atoms with E-state index in [0.717, 1.165) is 19.4 Å². The normalized spacial score (nSPS) is 22.3. The molecule has 1 aromatic heterocycles. The highest BCUT2D eigenvalue weighted by molar-refractivity contribution is 7.07. The number of nitrogens with one attached hydrogen (secondary N) is 1. The first kappa shape index (κ1) is 15.0. The molecule has 0 aromatic carbocycles. The van der Waals surface area contributed by atoms with Crippen LogP contribution in [0.4, 0.5) is 0 Å². The van der Waals surface area contributed by atoms with Gasteiger partial charge in [-0.05, 0) is 61.2 Å². The van der Waals surface area contributed by atoms with Crippen molar-refractivity contribution in [1.82, 2.24) is 10.2 Å². The van der Waals surface area contributed by atoms with Crippen molar-refractivity contribution in [1.29, 1.82) is 0 Å². The van der Waals surface area contributed by atoms with Gasteiger partial charge in [0.2, 0.25) is 5.91 Å². The zero-order valence-corrected chi connectivity index (χ0v) is 13.5. The molecule has 1 saturated carbocycles. The first-order chi connectivity index (χ1) is 10.3. The number of piperidine rings is 1. The van der Waals surface area contributed by atoms with E-state index in [4.69, 9.17) is 0 Å². The number of carbonyl (C=O) groups is 1. The van der Waals surface area contributed by atoms with Gasteiger partial charge < -0.3 is 5.32 Å². The summed E-state index contributed by atoms with van der Waals surface area (Å²) in [5.41, 5.74) is 1.37. The molecule has 1 aliphatic heterocycles. The highest BCUT2D eigenvalue weighted by Crippen LogP contribution is 2.27. The quantitative estimate of drug-likeness (QED) is 0.902. The Morgan fingerprint density at radius 3 is 2.67 bits per heavy atom. The van der Waals surface area contributed by atoms with E-state index >= 15 is 0 Å². The Labute approximate surface area is 131 Å². The van der Waals surface area contributed by atoms with E-state index < -0.39 is 0 Å². The highest BCUT2D eigenvalue weighted by atomic mass is 32.1. The van der Waals surface area contributed by atoms with E-state index in [0.29, 0.717) is 6.04 Å². The third-order valence-electron chi connectivity index (χ3n) is 4.95. The number of carbonyl (C=O) groups excluding carboxylic acids is 1. The first-order valence-corrected chi connectivity index (χ1v) is 9.33. The Morgan fingerprint density at radius 2 is 2.00 bits per heavy atom. The lowest BCUT2D eigenvalue weighted by Gasteiger charge is -2.34. The molecule has 0 bridgehead atoms. The zero-order chi connectivity index (χ0) is 14.5. The second-order valence-electron chi connectivity index (χ2n) is 6.40. The summed E-state index contributed by atoms with van der Waals surface area (Å²) in [6.07, 6.45) is 8.53. The van der Waals surface area contributed by atoms with E-state index in [2.05, 4.69) is 27.0 Å². The van der Waals surface area contributed by atoms with Crippen molar-refractivity contribution in [3.63, 3.8) is 0 Å². The minimum Gasteiger partial charge on any atom is -0.354 e. The SMILES string of the molecule is O=C(NCC(c1ccsc1)N1CCCCC1)C1CCCC1. The van der Waals surface area contributed by atoms with Gasteiger partial charge in [-0.25, -0.2) is 0 Å². The van der Waals surface area contributed by atoms with E-state index in [1.165, 1.54) is 50.8 Å². The van der Waals surface area contributed by atoms with Crippen molar-refractivity contribution in [3.05, 3.63) is 22.4 Å². The van der Waals surface area contributed by atoms with Gasteiger partial charge in [-0.3, -0.25) is 9.69 Å². The van der Waals surface area contributed by atoms with Crippen molar-refractivity contribution < 1.29 is 4.79 Å². The molecule has 1 unspecified atom stereocenters. The predicted octanol–water partition coefficient (Wildman–Crippen LogP) is 3.58. The second kappa shape index (κ2) is 7.41. The fraction of sp³-hybridized carbons (Fsp3) is 0.706. The molecule has 3 rings (SSSR count). The molecule has 1 aliphatic carbocycles. The van der Waals surface area contributed by atoms with Crippen LogP contribution in [-0.4, -0.2) is 30.4 Å². The van der Waals surface area contributed by atoms with Gasteiger partial charge in [0.25, 0.3) is 0 Å². The van der Waals surface area contributed by atoms with Gasteiger partial charge >= 0.3 is 0 Å². The van der Waals surface area contributed by atoms with Gasteiger partial charge in [0.15, 0.2) is 0 Å². The Morgan fingerprint density at radius 1 is 1.24 bits per heavy atom. The third kappa shape index (κ3) is 3.86. The standard InChI is InChI=1S/C17H26N2OS/c20-17(14-6-2-3-7-14)18-12-16(15-8-11-21-13-15)19-9-4-1-5-10-19/h8,11,13-14,16H,1-7,9-10,12H2,(H,18,20). The molecular formula is C17H26N2OS. The van der Waals surface area contributed by atoms with Crippen molar-refractivity contribution in [2.24, 2.45) is 5.92 Å². The molecule has 0 spiro atoms. The van der Waals surface area contributed by atoms with Gasteiger partial charge in [0.05, 0.1) is 6.04 Å². The van der Waals surface area contributed by atoms with E-state index in [9.17, 15) is 4.79 Å². The molecule has 1 saturated heterocycles. The summed E-state index contributed by atoms with van der Waals surface area (Å²) in [6, 6.07) is 2.58. The first-order valence-electron chi connectivity index (χ1n) is 8.38. The van der Waals surface area contributed by atoms with Crippen molar-refractivity contribution in [2.45, 2.75) is 51.0 Å². The molecule has 21 heavy (non-hydrogen) atoms. The lowest BCUT2D eigenvalue weighted by atomic mass is 10.0. The number of likely N-dealkylation sites (tertiary alicyclic amines) is 1. The van der Waals surface area contributed by atoms with Crippen molar-refractivity contribution in [3.8, 4) is 0 Å². The molecule has 2 heterocycles. The molecule has 116 valence electrons. The van der Waals surface area contributed by atoms with Gasteiger partial charge in [-0.15, -0.1) is 0 Å². The highest BCUT2D eigenvalue weighted by Gasteiger charge is 2.26. The summed E-state index contributed by atoms with van der Waals surface area (Å²) in [5, 5.41) is 7.62. The predicted molar refractivity (Wildman–Crippen MR) is 87.5 cm³/mol. The van der Waals surface area contributed by atoms with Crippen LogP contribution in [0.15, 0.2) is 16.8 Å². The molecule has 4 heteroatoms. The molecule has 2 fully saturated rings. The average molecular weight is 306 g/mol. The average Bonchev–Trinajstić information content (AvgIpc) is 3.22. The van der Waals surface area contributed by atoms with Crippen LogP contribution in [0.2, 0.25) is 0 Å². The topological polar surface area (TPSA) is 32.3 Å². The summed E-state index contributed by atoms with van der Waals surface area (Å²) in [5.74, 6) is 0.555. The van der Waals surface area contributed by atoms with E-state index in [1.54, 1.807) is 11.3 Å². The summed E-state index contributed by atoms with van der Waals surface area (Å²) < 4.78 is 0. The molecule has 1 N–H and O–H groups in total. The Hall–Kier alpha value is -0.870. The van der Waals surface area contributed by atoms with Crippen LogP contribution in [0.5, 0.6) is 0 Å². The molecule has 1 aromatic rings. The number of nitrogens with zero attached hydrogens (tertiary/aromatic N) is 1. The molecule has 2 aliphatic rings. The Balaban J connectivity index is 1.60. The minimum atomic E-state index is 0.273. The van der Waals surface area contributed by atoms with Gasteiger partial charge in [-0.1, -0.05) is 19.3 Å². The lowest BCUT2D eigenvalue weighted by molar-refractivity contribution is -0.125. The van der Waals surface area contributed by atoms with Crippen LogP contribution < -0.4 is 5.32 Å². The van der Waals surface area contributed by atoms with E-state index in [1.807, 2.05) is 0 Å². The molecular weight excluding hydrogens is 280 g/mol. The van der Waals surface area contributed by atoms with Crippen molar-refractivity contribution >= 4 is 17.2 Å². The fourth-order valence-corrected chi connectivity index (χ4v) is 4.39. The van der Waals surface area contributed by atoms with Crippen molar-refractivity contribution in [2.75, 3.05) is 19.6 Å². The Kier molecular flexibility index (Phi) is 5.31. The van der Waals surface area contributed by atoms with E-state index in [-0.39, 0.29) is 11.8 Å². The molecule has 3 nitrogen and oxygen atoms in total. The maximum absolute atomic E-state index is 12.3. The molecule has 0 radical (unpaired) electrons. The van der Waals surface area contributed by atoms with Gasteiger partial charge in [0, 0.05) is 12.5 Å². The summed E-state index contributed by atoms with van der Waals surface area (Å²) in [4.78, 5) is 14.8.